The molecule has 0 radical (unpaired) electrons. The lowest BCUT2D eigenvalue weighted by molar-refractivity contribution is 0.213. The number of fused-ring (bicyclic) bond motifs is 5. The molecule has 5 rings (SSSR count). The number of rotatable bonds is 2. The fourth-order valence-corrected chi connectivity index (χ4v) is 6.43. The van der Waals surface area contributed by atoms with Crippen molar-refractivity contribution in [1.82, 2.24) is 0 Å². The van der Waals surface area contributed by atoms with Crippen molar-refractivity contribution in [3.05, 3.63) is 59.7 Å². The molecule has 3 saturated carbocycles. The maximum atomic E-state index is 10.3. The summed E-state index contributed by atoms with van der Waals surface area (Å²) in [6.45, 7) is 0. The predicted octanol–water partition coefficient (Wildman–Crippen LogP) is 5.03. The minimum Gasteiger partial charge on any atom is -0.508 e. The summed E-state index contributed by atoms with van der Waals surface area (Å²) < 4.78 is 0. The molecule has 3 aliphatic carbocycles. The number of phenolic OH excluding ortho intramolecular Hbond substituents is 2. The SMILES string of the molecule is Oc1ccccc1C1CC2CC1C1C(c3ccccc3O)CCC21. The van der Waals surface area contributed by atoms with Gasteiger partial charge in [-0.3, -0.25) is 0 Å². The maximum absolute atomic E-state index is 10.3. The average molecular weight is 320 g/mol. The molecular weight excluding hydrogens is 296 g/mol. The van der Waals surface area contributed by atoms with Crippen molar-refractivity contribution in [2.24, 2.45) is 23.7 Å². The van der Waals surface area contributed by atoms with E-state index in [0.717, 1.165) is 23.0 Å². The van der Waals surface area contributed by atoms with E-state index in [1.54, 1.807) is 0 Å². The molecule has 3 fully saturated rings. The van der Waals surface area contributed by atoms with Crippen LogP contribution >= 0.6 is 0 Å². The molecule has 6 unspecified atom stereocenters. The van der Waals surface area contributed by atoms with Crippen LogP contribution in [0.1, 0.15) is 48.6 Å². The Hall–Kier alpha value is -1.96. The summed E-state index contributed by atoms with van der Waals surface area (Å²) in [5.41, 5.74) is 2.29. The molecule has 2 bridgehead atoms. The van der Waals surface area contributed by atoms with Crippen LogP contribution in [0.5, 0.6) is 11.5 Å². The summed E-state index contributed by atoms with van der Waals surface area (Å²) in [6.07, 6.45) is 5.04. The molecular formula is C22H24O2. The van der Waals surface area contributed by atoms with Crippen LogP contribution in [0.4, 0.5) is 0 Å². The van der Waals surface area contributed by atoms with Gasteiger partial charge in [-0.2, -0.15) is 0 Å². The summed E-state index contributed by atoms with van der Waals surface area (Å²) >= 11 is 0. The zero-order valence-corrected chi connectivity index (χ0v) is 13.8. The van der Waals surface area contributed by atoms with E-state index >= 15 is 0 Å². The first kappa shape index (κ1) is 14.4. The van der Waals surface area contributed by atoms with Gasteiger partial charge in [-0.05, 0) is 84.5 Å². The van der Waals surface area contributed by atoms with Crippen LogP contribution in [0, 0.1) is 23.7 Å². The van der Waals surface area contributed by atoms with Gasteiger partial charge in [0, 0.05) is 0 Å². The Kier molecular flexibility index (Phi) is 3.16. The number of phenols is 2. The first-order chi connectivity index (χ1) is 11.7. The van der Waals surface area contributed by atoms with E-state index in [1.807, 2.05) is 30.3 Å². The quantitative estimate of drug-likeness (QED) is 0.814. The van der Waals surface area contributed by atoms with Crippen molar-refractivity contribution >= 4 is 0 Å². The number of hydrogen-bond acceptors (Lipinski definition) is 2. The largest absolute Gasteiger partial charge is 0.508 e. The van der Waals surface area contributed by atoms with Gasteiger partial charge >= 0.3 is 0 Å². The van der Waals surface area contributed by atoms with E-state index in [9.17, 15) is 10.2 Å². The van der Waals surface area contributed by atoms with E-state index in [1.165, 1.54) is 25.7 Å². The number of hydrogen-bond donors (Lipinski definition) is 2. The lowest BCUT2D eigenvalue weighted by Crippen LogP contribution is -2.26. The molecule has 0 heterocycles. The highest BCUT2D eigenvalue weighted by atomic mass is 16.3. The molecule has 24 heavy (non-hydrogen) atoms. The standard InChI is InChI=1S/C22H24O2/c23-20-7-3-1-5-15(20)17-10-9-14-13-11-18(19(12-13)22(14)17)16-6-2-4-8-21(16)24/h1-8,13-14,17-19,22-24H,9-12H2. The second-order valence-corrected chi connectivity index (χ2v) is 8.04. The van der Waals surface area contributed by atoms with Crippen molar-refractivity contribution in [2.75, 3.05) is 0 Å². The monoisotopic (exact) mass is 320 g/mol. The highest BCUT2D eigenvalue weighted by Gasteiger charge is 2.58. The summed E-state index contributed by atoms with van der Waals surface area (Å²) in [5.74, 6) is 4.85. The second kappa shape index (κ2) is 5.27. The van der Waals surface area contributed by atoms with Crippen LogP contribution in [0.15, 0.2) is 48.5 Å². The number of aromatic hydroxyl groups is 2. The highest BCUT2D eigenvalue weighted by Crippen LogP contribution is 2.67. The molecule has 2 heteroatoms. The first-order valence-electron chi connectivity index (χ1n) is 9.30. The average Bonchev–Trinajstić information content (AvgIpc) is 3.27. The van der Waals surface area contributed by atoms with Crippen LogP contribution in [0.25, 0.3) is 0 Å². The van der Waals surface area contributed by atoms with Gasteiger partial charge in [0.05, 0.1) is 0 Å². The smallest absolute Gasteiger partial charge is 0.119 e. The Morgan fingerprint density at radius 1 is 0.667 bits per heavy atom. The van der Waals surface area contributed by atoms with E-state index in [2.05, 4.69) is 18.2 Å². The molecule has 0 aliphatic heterocycles. The molecule has 124 valence electrons. The van der Waals surface area contributed by atoms with Crippen molar-refractivity contribution < 1.29 is 10.2 Å². The molecule has 0 aromatic heterocycles. The summed E-state index contributed by atoms with van der Waals surface area (Å²) in [4.78, 5) is 0. The summed E-state index contributed by atoms with van der Waals surface area (Å²) in [6, 6.07) is 15.8. The first-order valence-corrected chi connectivity index (χ1v) is 9.30. The van der Waals surface area contributed by atoms with E-state index in [0.29, 0.717) is 35.2 Å². The Balaban J connectivity index is 1.51. The predicted molar refractivity (Wildman–Crippen MR) is 94.1 cm³/mol. The Labute approximate surface area is 143 Å². The third-order valence-corrected chi connectivity index (χ3v) is 7.19. The van der Waals surface area contributed by atoms with Crippen molar-refractivity contribution in [2.45, 2.75) is 37.5 Å². The van der Waals surface area contributed by atoms with Crippen LogP contribution in [-0.4, -0.2) is 10.2 Å². The molecule has 2 nitrogen and oxygen atoms in total. The Bertz CT molecular complexity index is 768. The topological polar surface area (TPSA) is 40.5 Å². The van der Waals surface area contributed by atoms with Gasteiger partial charge in [0.2, 0.25) is 0 Å². The summed E-state index contributed by atoms with van der Waals surface area (Å²) in [5, 5.41) is 20.7. The fourth-order valence-electron chi connectivity index (χ4n) is 6.43. The Morgan fingerprint density at radius 2 is 1.29 bits per heavy atom. The van der Waals surface area contributed by atoms with E-state index in [-0.39, 0.29) is 0 Å². The minimum atomic E-state index is 0.462. The second-order valence-electron chi connectivity index (χ2n) is 8.04. The van der Waals surface area contributed by atoms with Gasteiger partial charge in [-0.15, -0.1) is 0 Å². The number of para-hydroxylation sites is 2. The van der Waals surface area contributed by atoms with Gasteiger partial charge in [0.15, 0.2) is 0 Å². The third kappa shape index (κ3) is 1.95. The number of benzene rings is 2. The third-order valence-electron chi connectivity index (χ3n) is 7.19. The molecule has 2 N–H and O–H groups in total. The summed E-state index contributed by atoms with van der Waals surface area (Å²) in [7, 11) is 0. The fraction of sp³-hybridized carbons (Fsp3) is 0.455. The molecule has 0 spiro atoms. The van der Waals surface area contributed by atoms with Gasteiger partial charge in [0.1, 0.15) is 11.5 Å². The molecule has 3 aliphatic rings. The van der Waals surface area contributed by atoms with Gasteiger partial charge < -0.3 is 10.2 Å². The van der Waals surface area contributed by atoms with Crippen LogP contribution in [0.3, 0.4) is 0 Å². The van der Waals surface area contributed by atoms with Gasteiger partial charge in [-0.25, -0.2) is 0 Å². The molecule has 6 atom stereocenters. The molecule has 0 saturated heterocycles. The zero-order chi connectivity index (χ0) is 16.3. The molecule has 2 aromatic carbocycles. The van der Waals surface area contributed by atoms with Crippen LogP contribution in [0.2, 0.25) is 0 Å². The maximum Gasteiger partial charge on any atom is 0.119 e. The lowest BCUT2D eigenvalue weighted by atomic mass is 9.69. The Morgan fingerprint density at radius 3 is 1.96 bits per heavy atom. The van der Waals surface area contributed by atoms with Crippen molar-refractivity contribution in [1.29, 1.82) is 0 Å². The van der Waals surface area contributed by atoms with Gasteiger partial charge in [-0.1, -0.05) is 36.4 Å². The molecule has 2 aromatic rings. The highest BCUT2D eigenvalue weighted by molar-refractivity contribution is 5.40. The van der Waals surface area contributed by atoms with Crippen LogP contribution < -0.4 is 0 Å². The lowest BCUT2D eigenvalue weighted by Gasteiger charge is -2.35. The minimum absolute atomic E-state index is 0.462. The van der Waals surface area contributed by atoms with Crippen LogP contribution in [-0.2, 0) is 0 Å². The van der Waals surface area contributed by atoms with Crippen molar-refractivity contribution in [3.8, 4) is 11.5 Å². The normalized spacial score (nSPS) is 36.8. The molecule has 0 amide bonds. The van der Waals surface area contributed by atoms with E-state index in [4.69, 9.17) is 0 Å². The zero-order valence-electron chi connectivity index (χ0n) is 13.8. The van der Waals surface area contributed by atoms with E-state index < -0.39 is 0 Å². The van der Waals surface area contributed by atoms with Crippen molar-refractivity contribution in [3.63, 3.8) is 0 Å². The van der Waals surface area contributed by atoms with Gasteiger partial charge in [0.25, 0.3) is 0 Å².